The second-order valence-corrected chi connectivity index (χ2v) is 15.2. The molecule has 64 heavy (non-hydrogen) atoms. The van der Waals surface area contributed by atoms with Gasteiger partial charge in [0.25, 0.3) is 5.91 Å². The summed E-state index contributed by atoms with van der Waals surface area (Å²) in [6.07, 6.45) is 30.5. The Kier molecular flexibility index (Phi) is 20.5. The highest BCUT2D eigenvalue weighted by Crippen LogP contribution is 2.36. The van der Waals surface area contributed by atoms with Crippen molar-refractivity contribution in [3.63, 3.8) is 0 Å². The van der Waals surface area contributed by atoms with Gasteiger partial charge in [-0.1, -0.05) is 91.4 Å². The zero-order chi connectivity index (χ0) is 45.4. The molecule has 0 unspecified atom stereocenters. The summed E-state index contributed by atoms with van der Waals surface area (Å²) >= 11 is 6.45. The van der Waals surface area contributed by atoms with Gasteiger partial charge in [0, 0.05) is 72.3 Å². The van der Waals surface area contributed by atoms with Gasteiger partial charge in [0.15, 0.2) is 0 Å². The summed E-state index contributed by atoms with van der Waals surface area (Å²) in [5.74, 6) is 0.293. The minimum atomic E-state index is -0.469. The lowest BCUT2D eigenvalue weighted by atomic mass is 9.94. The molecule has 0 fully saturated rings. The molecule has 2 amide bonds. The molecule has 1 aromatic heterocycles. The molecule has 0 saturated heterocycles. The van der Waals surface area contributed by atoms with Crippen LogP contribution in [0.2, 0.25) is 5.02 Å². The fourth-order valence-corrected chi connectivity index (χ4v) is 6.97. The lowest BCUT2D eigenvalue weighted by Gasteiger charge is -2.15. The Morgan fingerprint density at radius 2 is 1.47 bits per heavy atom. The number of nitrogens with one attached hydrogen (secondary N) is 4. The Morgan fingerprint density at radius 1 is 0.781 bits per heavy atom. The third kappa shape index (κ3) is 15.2. The minimum Gasteiger partial charge on any atom is -0.496 e. The second-order valence-electron chi connectivity index (χ2n) is 14.7. The second kappa shape index (κ2) is 27.0. The van der Waals surface area contributed by atoms with Crippen LogP contribution < -0.4 is 30.7 Å². The van der Waals surface area contributed by atoms with Gasteiger partial charge in [0.2, 0.25) is 11.9 Å². The monoisotopic (exact) mass is 887 g/mol. The van der Waals surface area contributed by atoms with Crippen molar-refractivity contribution >= 4 is 40.8 Å². The normalized spacial score (nSPS) is 12.5. The molecule has 0 radical (unpaired) electrons. The van der Waals surface area contributed by atoms with E-state index in [0.717, 1.165) is 50.5 Å². The van der Waals surface area contributed by atoms with Gasteiger partial charge in [0.05, 0.1) is 43.3 Å². The first kappa shape index (κ1) is 48.7. The lowest BCUT2D eigenvalue weighted by Crippen LogP contribution is -2.36. The number of amides is 2. The summed E-state index contributed by atoms with van der Waals surface area (Å²) in [7, 11) is 2.99. The van der Waals surface area contributed by atoms with Crippen molar-refractivity contribution in [3.8, 4) is 22.8 Å². The summed E-state index contributed by atoms with van der Waals surface area (Å²) in [6.45, 7) is 4.34. The number of methoxy groups -OCH3 is 2. The maximum absolute atomic E-state index is 15.3. The smallest absolute Gasteiger partial charge is 0.255 e. The number of aliphatic imine (C=N–C) groups is 1. The number of carbonyl (C=O) groups is 2. The molecule has 5 rings (SSSR count). The summed E-state index contributed by atoms with van der Waals surface area (Å²) in [4.78, 5) is 39.5. The van der Waals surface area contributed by atoms with E-state index >= 15 is 4.39 Å². The molecule has 4 N–H and O–H groups in total. The molecule has 4 aromatic rings. The zero-order valence-corrected chi connectivity index (χ0v) is 37.7. The van der Waals surface area contributed by atoms with E-state index in [2.05, 4.69) is 93.9 Å². The van der Waals surface area contributed by atoms with Gasteiger partial charge in [-0.05, 0) is 81.3 Å². The van der Waals surface area contributed by atoms with Crippen molar-refractivity contribution in [2.45, 2.75) is 64.8 Å². The highest BCUT2D eigenvalue weighted by Gasteiger charge is 2.25. The molecule has 13 heteroatoms. The average Bonchev–Trinajstić information content (AvgIpc) is 3.45. The molecule has 2 heterocycles. The largest absolute Gasteiger partial charge is 0.496 e. The van der Waals surface area contributed by atoms with Crippen LogP contribution in [0.15, 0.2) is 127 Å². The number of aromatic nitrogens is 2. The number of ether oxygens (including phenoxy) is 2. The molecule has 0 bridgehead atoms. The van der Waals surface area contributed by atoms with Crippen LogP contribution in [0.5, 0.6) is 11.5 Å². The van der Waals surface area contributed by atoms with Crippen LogP contribution in [-0.2, 0) is 11.3 Å². The molecular formula is C51H59ClFN7O4. The SMILES string of the molecule is CC/C=C\C/C=C\C/C=C\C/C=C\C/C=C\CCCC(=O)NCCNCCNC(=O)c1ccc(Nc2ncc3c(n2)-c2ccc(Cl)cc2C(c2c(F)cccc2OC)=NC3)cc1OC. The molecule has 0 atom stereocenters. The van der Waals surface area contributed by atoms with Gasteiger partial charge in [-0.2, -0.15) is 0 Å². The van der Waals surface area contributed by atoms with Crippen molar-refractivity contribution in [3.05, 3.63) is 155 Å². The number of halogens is 2. The quantitative estimate of drug-likeness (QED) is 0.0381. The summed E-state index contributed by atoms with van der Waals surface area (Å²) in [5.41, 5.74) is 4.28. The van der Waals surface area contributed by atoms with Gasteiger partial charge in [-0.15, -0.1) is 0 Å². The van der Waals surface area contributed by atoms with Crippen LogP contribution in [0.25, 0.3) is 11.3 Å². The third-order valence-corrected chi connectivity index (χ3v) is 10.3. The van der Waals surface area contributed by atoms with Crippen molar-refractivity contribution in [1.29, 1.82) is 0 Å². The summed E-state index contributed by atoms with van der Waals surface area (Å²) < 4.78 is 26.4. The zero-order valence-electron chi connectivity index (χ0n) is 37.0. The third-order valence-electron chi connectivity index (χ3n) is 10.0. The number of unbranched alkanes of at least 4 members (excludes halogenated alkanes) is 1. The number of rotatable bonds is 25. The predicted octanol–water partition coefficient (Wildman–Crippen LogP) is 10.4. The van der Waals surface area contributed by atoms with Crippen LogP contribution in [0, 0.1) is 5.82 Å². The first-order valence-corrected chi connectivity index (χ1v) is 22.2. The van der Waals surface area contributed by atoms with Crippen molar-refractivity contribution in [2.24, 2.45) is 4.99 Å². The van der Waals surface area contributed by atoms with E-state index in [1.807, 2.05) is 6.07 Å². The Bertz CT molecular complexity index is 2360. The molecule has 1 aliphatic rings. The first-order chi connectivity index (χ1) is 31.3. The van der Waals surface area contributed by atoms with E-state index in [4.69, 9.17) is 31.1 Å². The van der Waals surface area contributed by atoms with E-state index in [1.54, 1.807) is 48.7 Å². The number of fused-ring (bicyclic) bond motifs is 3. The summed E-state index contributed by atoms with van der Waals surface area (Å²) in [5, 5.41) is 12.8. The van der Waals surface area contributed by atoms with E-state index in [0.29, 0.717) is 88.9 Å². The number of hydrogen-bond acceptors (Lipinski definition) is 9. The van der Waals surface area contributed by atoms with E-state index < -0.39 is 5.82 Å². The average molecular weight is 889 g/mol. The van der Waals surface area contributed by atoms with E-state index in [-0.39, 0.29) is 23.9 Å². The van der Waals surface area contributed by atoms with Gasteiger partial charge in [0.1, 0.15) is 17.3 Å². The van der Waals surface area contributed by atoms with Crippen LogP contribution in [0.3, 0.4) is 0 Å². The molecule has 1 aliphatic heterocycles. The van der Waals surface area contributed by atoms with Gasteiger partial charge in [-0.3, -0.25) is 14.6 Å². The van der Waals surface area contributed by atoms with Crippen molar-refractivity contribution < 1.29 is 23.5 Å². The van der Waals surface area contributed by atoms with Crippen LogP contribution in [-0.4, -0.2) is 67.9 Å². The molecular weight excluding hydrogens is 829 g/mol. The van der Waals surface area contributed by atoms with Crippen LogP contribution in [0.1, 0.15) is 85.3 Å². The lowest BCUT2D eigenvalue weighted by molar-refractivity contribution is -0.121. The van der Waals surface area contributed by atoms with Gasteiger partial charge >= 0.3 is 0 Å². The number of carbonyl (C=O) groups excluding carboxylic acids is 2. The molecule has 0 aliphatic carbocycles. The highest BCUT2D eigenvalue weighted by atomic mass is 35.5. The Labute approximate surface area is 381 Å². The molecule has 336 valence electrons. The fourth-order valence-electron chi connectivity index (χ4n) is 6.80. The van der Waals surface area contributed by atoms with E-state index in [9.17, 15) is 9.59 Å². The van der Waals surface area contributed by atoms with Crippen LogP contribution >= 0.6 is 11.6 Å². The molecule has 3 aromatic carbocycles. The molecule has 0 spiro atoms. The Morgan fingerprint density at radius 3 is 2.17 bits per heavy atom. The predicted molar refractivity (Wildman–Crippen MR) is 258 cm³/mol. The van der Waals surface area contributed by atoms with Crippen molar-refractivity contribution in [1.82, 2.24) is 25.9 Å². The van der Waals surface area contributed by atoms with Gasteiger partial charge in [-0.25, -0.2) is 14.4 Å². The summed E-state index contributed by atoms with van der Waals surface area (Å²) in [6, 6.07) is 15.1. The number of hydrogen-bond donors (Lipinski definition) is 4. The first-order valence-electron chi connectivity index (χ1n) is 21.8. The molecule has 11 nitrogen and oxygen atoms in total. The fraction of sp³-hybridized carbons (Fsp3) is 0.314. The number of nitrogens with zero attached hydrogens (tertiary/aromatic N) is 3. The minimum absolute atomic E-state index is 0.0306. The Balaban J connectivity index is 1.00. The maximum atomic E-state index is 15.3. The molecule has 0 saturated carbocycles. The van der Waals surface area contributed by atoms with Crippen LogP contribution in [0.4, 0.5) is 16.0 Å². The number of anilines is 2. The Hall–Kier alpha value is -6.37. The topological polar surface area (TPSA) is 139 Å². The van der Waals surface area contributed by atoms with Gasteiger partial charge < -0.3 is 30.7 Å². The van der Waals surface area contributed by atoms with E-state index in [1.165, 1.54) is 20.3 Å². The maximum Gasteiger partial charge on any atom is 0.255 e. The number of allylic oxidation sites excluding steroid dienone is 10. The standard InChI is InChI=1S/C51H59ClFN7O4/c1-4-5-6-7-8-9-10-11-12-13-14-15-16-17-18-19-20-24-46(61)55-31-29-54-30-32-56-50(62)41-28-26-39(34-45(41)64-3)59-51-58-36-37-35-57-49(47-43(53)22-21-23-44(47)63-2)42-33-38(52)25-27-40(42)48(37)60-51/h5-6,8-9,11-12,14-15,17-18,21-23,25-28,33-34,36,54H,4,7,10,13,16,19-20,24,29-32,35H2,1-3H3,(H,55,61)(H,56,62)(H,58,59,60)/b6-5-,9-8-,12-11-,15-14-,18-17-. The highest BCUT2D eigenvalue weighted by molar-refractivity contribution is 6.31. The van der Waals surface area contributed by atoms with Crippen molar-refractivity contribution in [2.75, 3.05) is 45.7 Å². The number of benzene rings is 3.